The standard InChI is InChI=1S/C13H17N3O2/c1-13(15,9-4-5-9)12(18)16-10-6-2-8(3-7-10)11(14)17/h2-3,6-7,9H,4-5,15H2,1H3,(H2,14,17)(H,16,18). The van der Waals surface area contributed by atoms with Crippen LogP contribution in [0, 0.1) is 5.92 Å². The van der Waals surface area contributed by atoms with E-state index in [1.807, 2.05) is 0 Å². The van der Waals surface area contributed by atoms with Crippen molar-refractivity contribution in [3.05, 3.63) is 29.8 Å². The zero-order valence-electron chi connectivity index (χ0n) is 10.3. The molecule has 1 aromatic rings. The van der Waals surface area contributed by atoms with Crippen molar-refractivity contribution in [3.8, 4) is 0 Å². The van der Waals surface area contributed by atoms with Crippen molar-refractivity contribution in [1.82, 2.24) is 0 Å². The highest BCUT2D eigenvalue weighted by Crippen LogP contribution is 2.38. The number of nitrogens with two attached hydrogens (primary N) is 2. The molecule has 1 fully saturated rings. The van der Waals surface area contributed by atoms with E-state index in [1.54, 1.807) is 31.2 Å². The lowest BCUT2D eigenvalue weighted by Crippen LogP contribution is -2.50. The molecule has 0 heterocycles. The number of hydrogen-bond acceptors (Lipinski definition) is 3. The predicted octanol–water partition coefficient (Wildman–Crippen LogP) is 0.851. The summed E-state index contributed by atoms with van der Waals surface area (Å²) in [7, 11) is 0. The number of carbonyl (C=O) groups is 2. The average Bonchev–Trinajstić information content (AvgIpc) is 3.13. The molecule has 1 aromatic carbocycles. The fraction of sp³-hybridized carbons (Fsp3) is 0.385. The third kappa shape index (κ3) is 2.51. The molecule has 0 bridgehead atoms. The van der Waals surface area contributed by atoms with Crippen LogP contribution in [0.4, 0.5) is 5.69 Å². The molecule has 5 N–H and O–H groups in total. The maximum atomic E-state index is 12.0. The Kier molecular flexibility index (Phi) is 3.09. The maximum Gasteiger partial charge on any atom is 0.248 e. The summed E-state index contributed by atoms with van der Waals surface area (Å²) in [4.78, 5) is 22.9. The van der Waals surface area contributed by atoms with E-state index in [9.17, 15) is 9.59 Å². The van der Waals surface area contributed by atoms with Gasteiger partial charge in [-0.15, -0.1) is 0 Å². The van der Waals surface area contributed by atoms with Gasteiger partial charge in [0.25, 0.3) is 0 Å². The summed E-state index contributed by atoms with van der Waals surface area (Å²) in [6, 6.07) is 6.42. The lowest BCUT2D eigenvalue weighted by atomic mass is 9.96. The number of hydrogen-bond donors (Lipinski definition) is 3. The van der Waals surface area contributed by atoms with E-state index in [0.29, 0.717) is 11.3 Å². The molecule has 1 saturated carbocycles. The van der Waals surface area contributed by atoms with Crippen molar-refractivity contribution in [1.29, 1.82) is 0 Å². The highest BCUT2D eigenvalue weighted by atomic mass is 16.2. The van der Waals surface area contributed by atoms with Gasteiger partial charge < -0.3 is 16.8 Å². The van der Waals surface area contributed by atoms with Crippen LogP contribution < -0.4 is 16.8 Å². The Morgan fingerprint density at radius 1 is 1.28 bits per heavy atom. The van der Waals surface area contributed by atoms with Gasteiger partial charge in [-0.25, -0.2) is 0 Å². The molecule has 0 aliphatic heterocycles. The SMILES string of the molecule is CC(N)(C(=O)Nc1ccc(C(N)=O)cc1)C1CC1. The monoisotopic (exact) mass is 247 g/mol. The number of carbonyl (C=O) groups excluding carboxylic acids is 2. The van der Waals surface area contributed by atoms with E-state index in [4.69, 9.17) is 11.5 Å². The molecule has 5 nitrogen and oxygen atoms in total. The molecule has 96 valence electrons. The summed E-state index contributed by atoms with van der Waals surface area (Å²) < 4.78 is 0. The van der Waals surface area contributed by atoms with Gasteiger partial charge in [0, 0.05) is 11.3 Å². The highest BCUT2D eigenvalue weighted by Gasteiger charge is 2.44. The van der Waals surface area contributed by atoms with Gasteiger partial charge in [-0.2, -0.15) is 0 Å². The Labute approximate surface area is 106 Å². The van der Waals surface area contributed by atoms with Crippen LogP contribution in [-0.4, -0.2) is 17.4 Å². The first kappa shape index (κ1) is 12.6. The third-order valence-corrected chi connectivity index (χ3v) is 3.34. The zero-order chi connectivity index (χ0) is 13.3. The molecule has 1 aliphatic rings. The number of nitrogens with one attached hydrogen (secondary N) is 1. The first-order chi connectivity index (χ1) is 8.41. The minimum absolute atomic E-state index is 0.197. The van der Waals surface area contributed by atoms with Crippen molar-refractivity contribution < 1.29 is 9.59 Å². The van der Waals surface area contributed by atoms with Crippen molar-refractivity contribution in [2.24, 2.45) is 17.4 Å². The van der Waals surface area contributed by atoms with E-state index in [-0.39, 0.29) is 11.8 Å². The van der Waals surface area contributed by atoms with Crippen LogP contribution in [0.2, 0.25) is 0 Å². The Hall–Kier alpha value is -1.88. The molecule has 1 aliphatic carbocycles. The third-order valence-electron chi connectivity index (χ3n) is 3.34. The van der Waals surface area contributed by atoms with Gasteiger partial charge in [-0.05, 0) is 49.9 Å². The second kappa shape index (κ2) is 4.42. The Balaban J connectivity index is 2.05. The molecule has 1 unspecified atom stereocenters. The van der Waals surface area contributed by atoms with Gasteiger partial charge in [0.15, 0.2) is 0 Å². The normalized spacial score (nSPS) is 17.9. The number of amides is 2. The molecule has 5 heteroatoms. The van der Waals surface area contributed by atoms with E-state index in [1.165, 1.54) is 0 Å². The van der Waals surface area contributed by atoms with Crippen molar-refractivity contribution >= 4 is 17.5 Å². The van der Waals surface area contributed by atoms with Gasteiger partial charge >= 0.3 is 0 Å². The van der Waals surface area contributed by atoms with E-state index >= 15 is 0 Å². The number of rotatable bonds is 4. The fourth-order valence-electron chi connectivity index (χ4n) is 1.85. The lowest BCUT2D eigenvalue weighted by Gasteiger charge is -2.23. The van der Waals surface area contributed by atoms with Gasteiger partial charge in [0.2, 0.25) is 11.8 Å². The fourth-order valence-corrected chi connectivity index (χ4v) is 1.85. The second-order valence-corrected chi connectivity index (χ2v) is 4.95. The van der Waals surface area contributed by atoms with Crippen LogP contribution in [0.1, 0.15) is 30.1 Å². The van der Waals surface area contributed by atoms with Crippen molar-refractivity contribution in [3.63, 3.8) is 0 Å². The Morgan fingerprint density at radius 2 is 1.83 bits per heavy atom. The zero-order valence-corrected chi connectivity index (χ0v) is 10.3. The van der Waals surface area contributed by atoms with E-state index in [2.05, 4.69) is 5.32 Å². The van der Waals surface area contributed by atoms with Gasteiger partial charge in [-0.1, -0.05) is 0 Å². The van der Waals surface area contributed by atoms with Crippen molar-refractivity contribution in [2.45, 2.75) is 25.3 Å². The Bertz CT molecular complexity index is 476. The molecule has 0 saturated heterocycles. The smallest absolute Gasteiger partial charge is 0.248 e. The molecule has 0 radical (unpaired) electrons. The van der Waals surface area contributed by atoms with E-state index in [0.717, 1.165) is 12.8 Å². The molecule has 1 atom stereocenters. The van der Waals surface area contributed by atoms with Crippen LogP contribution in [0.3, 0.4) is 0 Å². The topological polar surface area (TPSA) is 98.2 Å². The van der Waals surface area contributed by atoms with Crippen LogP contribution in [0.15, 0.2) is 24.3 Å². The largest absolute Gasteiger partial charge is 0.366 e. The summed E-state index contributed by atoms with van der Waals surface area (Å²) in [5, 5.41) is 2.75. The lowest BCUT2D eigenvalue weighted by molar-refractivity contribution is -0.121. The second-order valence-electron chi connectivity index (χ2n) is 4.95. The van der Waals surface area contributed by atoms with Crippen LogP contribution in [0.25, 0.3) is 0 Å². The number of primary amides is 1. The Morgan fingerprint density at radius 3 is 2.28 bits per heavy atom. The molecule has 18 heavy (non-hydrogen) atoms. The van der Waals surface area contributed by atoms with Crippen LogP contribution in [0.5, 0.6) is 0 Å². The average molecular weight is 247 g/mol. The van der Waals surface area contributed by atoms with Gasteiger partial charge in [0.1, 0.15) is 0 Å². The maximum absolute atomic E-state index is 12.0. The molecule has 2 amide bonds. The van der Waals surface area contributed by atoms with Gasteiger partial charge in [-0.3, -0.25) is 9.59 Å². The number of benzene rings is 1. The minimum Gasteiger partial charge on any atom is -0.366 e. The minimum atomic E-state index is -0.831. The highest BCUT2D eigenvalue weighted by molar-refractivity contribution is 5.99. The summed E-state index contributed by atoms with van der Waals surface area (Å²) >= 11 is 0. The predicted molar refractivity (Wildman–Crippen MR) is 68.9 cm³/mol. The summed E-state index contributed by atoms with van der Waals surface area (Å²) in [6.07, 6.45) is 2.00. The quantitative estimate of drug-likeness (QED) is 0.735. The molecular weight excluding hydrogens is 230 g/mol. The molecule has 0 spiro atoms. The molecule has 0 aromatic heterocycles. The molecule has 2 rings (SSSR count). The molecular formula is C13H17N3O2. The summed E-state index contributed by atoms with van der Waals surface area (Å²) in [5.41, 5.74) is 11.3. The number of anilines is 1. The summed E-state index contributed by atoms with van der Waals surface area (Å²) in [5.74, 6) is -0.422. The van der Waals surface area contributed by atoms with Gasteiger partial charge in [0.05, 0.1) is 5.54 Å². The first-order valence-corrected chi connectivity index (χ1v) is 5.91. The van der Waals surface area contributed by atoms with Crippen LogP contribution in [-0.2, 0) is 4.79 Å². The van der Waals surface area contributed by atoms with E-state index < -0.39 is 11.4 Å². The summed E-state index contributed by atoms with van der Waals surface area (Å²) in [6.45, 7) is 1.75. The van der Waals surface area contributed by atoms with Crippen LogP contribution >= 0.6 is 0 Å². The first-order valence-electron chi connectivity index (χ1n) is 5.91. The van der Waals surface area contributed by atoms with Crippen molar-refractivity contribution in [2.75, 3.05) is 5.32 Å².